The highest BCUT2D eigenvalue weighted by Gasteiger charge is 2.51. The van der Waals surface area contributed by atoms with Crippen molar-refractivity contribution in [1.29, 1.82) is 0 Å². The molecule has 0 fully saturated rings. The predicted molar refractivity (Wildman–Crippen MR) is 85.1 cm³/mol. The SMILES string of the molecule is C=CC(O)C1(C(O)C=C)c2ccccc2-c2ccccc21. The molecule has 1 aliphatic carbocycles. The van der Waals surface area contributed by atoms with Crippen LogP contribution in [0.15, 0.2) is 73.8 Å². The zero-order valence-corrected chi connectivity index (χ0v) is 11.7. The normalized spacial score (nSPS) is 17.4. The molecule has 2 heteroatoms. The van der Waals surface area contributed by atoms with Gasteiger partial charge in [0.25, 0.3) is 0 Å². The monoisotopic (exact) mass is 278 g/mol. The molecule has 0 aliphatic heterocycles. The summed E-state index contributed by atoms with van der Waals surface area (Å²) in [5.74, 6) is 0. The van der Waals surface area contributed by atoms with Crippen LogP contribution in [0.5, 0.6) is 0 Å². The van der Waals surface area contributed by atoms with Gasteiger partial charge in [-0.05, 0) is 22.3 Å². The number of hydrogen-bond donors (Lipinski definition) is 2. The van der Waals surface area contributed by atoms with Crippen molar-refractivity contribution in [3.05, 3.63) is 85.0 Å². The molecule has 2 nitrogen and oxygen atoms in total. The Labute approximate surface area is 124 Å². The summed E-state index contributed by atoms with van der Waals surface area (Å²) in [6.45, 7) is 7.43. The summed E-state index contributed by atoms with van der Waals surface area (Å²) in [5.41, 5.74) is 2.94. The van der Waals surface area contributed by atoms with E-state index < -0.39 is 17.6 Å². The maximum absolute atomic E-state index is 10.7. The third-order valence-corrected chi connectivity index (χ3v) is 4.42. The molecule has 2 atom stereocenters. The molecule has 0 radical (unpaired) electrons. The molecule has 106 valence electrons. The smallest absolute Gasteiger partial charge is 0.0884 e. The van der Waals surface area contributed by atoms with E-state index in [1.54, 1.807) is 0 Å². The lowest BCUT2D eigenvalue weighted by atomic mass is 9.69. The van der Waals surface area contributed by atoms with E-state index in [1.165, 1.54) is 12.2 Å². The summed E-state index contributed by atoms with van der Waals surface area (Å²) in [7, 11) is 0. The minimum absolute atomic E-state index is 0.907. The molecule has 3 rings (SSSR count). The van der Waals surface area contributed by atoms with Gasteiger partial charge in [-0.15, -0.1) is 13.2 Å². The average Bonchev–Trinajstić information content (AvgIpc) is 2.85. The first-order chi connectivity index (χ1) is 10.2. The van der Waals surface area contributed by atoms with Crippen LogP contribution in [0.4, 0.5) is 0 Å². The van der Waals surface area contributed by atoms with Crippen LogP contribution in [0.2, 0.25) is 0 Å². The Hall–Kier alpha value is -2.16. The first-order valence-corrected chi connectivity index (χ1v) is 6.98. The first kappa shape index (κ1) is 13.8. The number of fused-ring (bicyclic) bond motifs is 3. The van der Waals surface area contributed by atoms with E-state index in [0.717, 1.165) is 22.3 Å². The first-order valence-electron chi connectivity index (χ1n) is 6.98. The van der Waals surface area contributed by atoms with Crippen molar-refractivity contribution in [2.45, 2.75) is 17.6 Å². The molecule has 0 aromatic heterocycles. The van der Waals surface area contributed by atoms with Crippen LogP contribution in [-0.2, 0) is 5.41 Å². The number of aliphatic hydroxyl groups is 2. The highest BCUT2D eigenvalue weighted by Crippen LogP contribution is 2.52. The average molecular weight is 278 g/mol. The summed E-state index contributed by atoms with van der Waals surface area (Å²) < 4.78 is 0. The van der Waals surface area contributed by atoms with Gasteiger partial charge >= 0.3 is 0 Å². The fraction of sp³-hybridized carbons (Fsp3) is 0.158. The Morgan fingerprint density at radius 2 is 1.14 bits per heavy atom. The predicted octanol–water partition coefficient (Wildman–Crippen LogP) is 3.05. The molecule has 0 spiro atoms. The Balaban J connectivity index is 2.43. The molecule has 2 aromatic carbocycles. The van der Waals surface area contributed by atoms with Crippen molar-refractivity contribution in [3.63, 3.8) is 0 Å². The second kappa shape index (κ2) is 4.99. The summed E-state index contributed by atoms with van der Waals surface area (Å²) in [4.78, 5) is 0. The van der Waals surface area contributed by atoms with E-state index in [-0.39, 0.29) is 0 Å². The molecule has 21 heavy (non-hydrogen) atoms. The lowest BCUT2D eigenvalue weighted by Crippen LogP contribution is -2.47. The zero-order valence-electron chi connectivity index (χ0n) is 11.7. The van der Waals surface area contributed by atoms with E-state index in [9.17, 15) is 10.2 Å². The van der Waals surface area contributed by atoms with E-state index in [0.29, 0.717) is 0 Å². The summed E-state index contributed by atoms with van der Waals surface area (Å²) in [6, 6.07) is 15.7. The third-order valence-electron chi connectivity index (χ3n) is 4.42. The van der Waals surface area contributed by atoms with Crippen molar-refractivity contribution in [2.75, 3.05) is 0 Å². The zero-order chi connectivity index (χ0) is 15.0. The molecule has 0 amide bonds. The topological polar surface area (TPSA) is 40.5 Å². The van der Waals surface area contributed by atoms with Crippen LogP contribution in [0.1, 0.15) is 11.1 Å². The van der Waals surface area contributed by atoms with Gasteiger partial charge in [-0.1, -0.05) is 60.7 Å². The third kappa shape index (κ3) is 1.67. The Morgan fingerprint density at radius 3 is 1.52 bits per heavy atom. The van der Waals surface area contributed by atoms with E-state index in [4.69, 9.17) is 0 Å². The summed E-state index contributed by atoms with van der Waals surface area (Å²) >= 11 is 0. The quantitative estimate of drug-likeness (QED) is 0.844. The van der Waals surface area contributed by atoms with Crippen LogP contribution in [-0.4, -0.2) is 22.4 Å². The summed E-state index contributed by atoms with van der Waals surface area (Å²) in [5, 5.41) is 21.4. The van der Waals surface area contributed by atoms with Gasteiger partial charge in [0.05, 0.1) is 17.6 Å². The van der Waals surface area contributed by atoms with Gasteiger partial charge in [-0.25, -0.2) is 0 Å². The van der Waals surface area contributed by atoms with Gasteiger partial charge in [0.1, 0.15) is 0 Å². The molecule has 2 N–H and O–H groups in total. The highest BCUT2D eigenvalue weighted by atomic mass is 16.3. The van der Waals surface area contributed by atoms with Crippen LogP contribution in [0, 0.1) is 0 Å². The molecule has 1 aliphatic rings. The maximum atomic E-state index is 10.7. The Kier molecular flexibility index (Phi) is 3.28. The van der Waals surface area contributed by atoms with Crippen LogP contribution in [0.25, 0.3) is 11.1 Å². The van der Waals surface area contributed by atoms with Crippen molar-refractivity contribution in [3.8, 4) is 11.1 Å². The van der Waals surface area contributed by atoms with Crippen LogP contribution < -0.4 is 0 Å². The molecular formula is C19H18O2. The molecule has 2 aromatic rings. The van der Waals surface area contributed by atoms with Gasteiger partial charge < -0.3 is 10.2 Å². The molecule has 0 bridgehead atoms. The van der Waals surface area contributed by atoms with E-state index in [1.807, 2.05) is 48.5 Å². The van der Waals surface area contributed by atoms with Gasteiger partial charge in [0.15, 0.2) is 0 Å². The van der Waals surface area contributed by atoms with Crippen LogP contribution >= 0.6 is 0 Å². The fourth-order valence-electron chi connectivity index (χ4n) is 3.49. The fourth-order valence-corrected chi connectivity index (χ4v) is 3.49. The largest absolute Gasteiger partial charge is 0.388 e. The van der Waals surface area contributed by atoms with Crippen LogP contribution in [0.3, 0.4) is 0 Å². The number of hydrogen-bond acceptors (Lipinski definition) is 2. The second-order valence-corrected chi connectivity index (χ2v) is 5.32. The standard InChI is InChI=1S/C19H18O2/c1-3-17(20)19(18(21)4-2)15-11-7-5-9-13(15)14-10-6-8-12-16(14)19/h3-12,17-18,20-21H,1-2H2. The van der Waals surface area contributed by atoms with Gasteiger partial charge in [0, 0.05) is 0 Å². The molecule has 0 heterocycles. The van der Waals surface area contributed by atoms with E-state index >= 15 is 0 Å². The van der Waals surface area contributed by atoms with E-state index in [2.05, 4.69) is 13.2 Å². The molecule has 2 unspecified atom stereocenters. The second-order valence-electron chi connectivity index (χ2n) is 5.32. The van der Waals surface area contributed by atoms with Gasteiger partial charge in [-0.2, -0.15) is 0 Å². The lowest BCUT2D eigenvalue weighted by Gasteiger charge is -2.38. The molecule has 0 saturated heterocycles. The maximum Gasteiger partial charge on any atom is 0.0884 e. The minimum Gasteiger partial charge on any atom is -0.388 e. The minimum atomic E-state index is -0.948. The van der Waals surface area contributed by atoms with Gasteiger partial charge in [-0.3, -0.25) is 0 Å². The lowest BCUT2D eigenvalue weighted by molar-refractivity contribution is 0.0580. The Bertz CT molecular complexity index is 641. The highest BCUT2D eigenvalue weighted by molar-refractivity contribution is 5.82. The molecule has 0 saturated carbocycles. The molecular weight excluding hydrogens is 260 g/mol. The van der Waals surface area contributed by atoms with Crippen molar-refractivity contribution < 1.29 is 10.2 Å². The van der Waals surface area contributed by atoms with Crippen molar-refractivity contribution in [1.82, 2.24) is 0 Å². The van der Waals surface area contributed by atoms with Gasteiger partial charge in [0.2, 0.25) is 0 Å². The summed E-state index contributed by atoms with van der Waals surface area (Å²) in [6.07, 6.45) is 1.14. The number of benzene rings is 2. The number of rotatable bonds is 4. The van der Waals surface area contributed by atoms with Crippen molar-refractivity contribution in [2.24, 2.45) is 0 Å². The van der Waals surface area contributed by atoms with Crippen molar-refractivity contribution >= 4 is 0 Å². The Morgan fingerprint density at radius 1 is 0.762 bits per heavy atom. The number of aliphatic hydroxyl groups excluding tert-OH is 2.